The number of carbonyl (C=O) groups is 2. The molecule has 0 aliphatic carbocycles. The van der Waals surface area contributed by atoms with Crippen LogP contribution < -0.4 is 10.0 Å². The van der Waals surface area contributed by atoms with E-state index in [0.29, 0.717) is 16.1 Å². The molecule has 32 heavy (non-hydrogen) atoms. The molecule has 0 unspecified atom stereocenters. The number of primary sulfonamides is 1. The number of rotatable bonds is 4. The maximum atomic E-state index is 13.0. The summed E-state index contributed by atoms with van der Waals surface area (Å²) in [6, 6.07) is 19.4. The Bertz CT molecular complexity index is 1340. The summed E-state index contributed by atoms with van der Waals surface area (Å²) < 4.78 is 23.2. The van der Waals surface area contributed by atoms with Crippen LogP contribution in [0.2, 0.25) is 5.02 Å². The highest BCUT2D eigenvalue weighted by atomic mass is 35.5. The summed E-state index contributed by atoms with van der Waals surface area (Å²) in [4.78, 5) is 27.2. The average Bonchev–Trinajstić information content (AvgIpc) is 3.04. The van der Waals surface area contributed by atoms with Crippen LogP contribution in [0.3, 0.4) is 0 Å². The summed E-state index contributed by atoms with van der Waals surface area (Å²) in [6.07, 6.45) is 0. The highest BCUT2D eigenvalue weighted by Gasteiger charge is 2.46. The second-order valence-electron chi connectivity index (χ2n) is 7.13. The third-order valence-electron chi connectivity index (χ3n) is 5.12. The van der Waals surface area contributed by atoms with Gasteiger partial charge in [-0.05, 0) is 54.1 Å². The minimum absolute atomic E-state index is 0.0842. The Kier molecular flexibility index (Phi) is 5.60. The van der Waals surface area contributed by atoms with Crippen LogP contribution in [0.4, 0.5) is 5.69 Å². The molecule has 0 radical (unpaired) electrons. The van der Waals surface area contributed by atoms with Crippen molar-refractivity contribution in [3.63, 3.8) is 0 Å². The van der Waals surface area contributed by atoms with Gasteiger partial charge in [0.1, 0.15) is 5.76 Å². The molecule has 1 atom stereocenters. The summed E-state index contributed by atoms with van der Waals surface area (Å²) >= 11 is 5.92. The minimum atomic E-state index is -3.93. The number of carbonyl (C=O) groups excluding carboxylic acids is 2. The first kappa shape index (κ1) is 21.8. The number of amides is 1. The molecule has 1 fully saturated rings. The van der Waals surface area contributed by atoms with Crippen LogP contribution in [0.25, 0.3) is 5.76 Å². The molecule has 1 amide bonds. The summed E-state index contributed by atoms with van der Waals surface area (Å²) in [5, 5.41) is 16.6. The van der Waals surface area contributed by atoms with E-state index in [-0.39, 0.29) is 21.9 Å². The Morgan fingerprint density at radius 1 is 0.906 bits per heavy atom. The van der Waals surface area contributed by atoms with E-state index < -0.39 is 27.8 Å². The Morgan fingerprint density at radius 2 is 1.50 bits per heavy atom. The van der Waals surface area contributed by atoms with Gasteiger partial charge in [0.05, 0.1) is 16.5 Å². The standard InChI is InChI=1S/C23H17ClN2O5S/c24-16-8-6-15(7-9-16)21(27)19-20(14-4-2-1-3-5-14)26(23(29)22(19)28)17-10-12-18(13-11-17)32(25,30)31/h1-13,20,27H,(H2,25,30,31)/b21-19+/t20-/m1/s1. The third-order valence-corrected chi connectivity index (χ3v) is 6.30. The zero-order valence-corrected chi connectivity index (χ0v) is 18.0. The molecule has 3 aromatic rings. The Balaban J connectivity index is 1.90. The fourth-order valence-corrected chi connectivity index (χ4v) is 4.25. The zero-order valence-electron chi connectivity index (χ0n) is 16.5. The van der Waals surface area contributed by atoms with Crippen LogP contribution in [0.5, 0.6) is 0 Å². The van der Waals surface area contributed by atoms with Crippen molar-refractivity contribution in [3.05, 3.63) is 101 Å². The molecule has 0 bridgehead atoms. The van der Waals surface area contributed by atoms with Crippen molar-refractivity contribution in [1.82, 2.24) is 0 Å². The molecule has 3 N–H and O–H groups in total. The first-order valence-electron chi connectivity index (χ1n) is 9.43. The largest absolute Gasteiger partial charge is 0.507 e. The third kappa shape index (κ3) is 3.91. The second kappa shape index (κ2) is 8.23. The van der Waals surface area contributed by atoms with E-state index >= 15 is 0 Å². The van der Waals surface area contributed by atoms with Crippen LogP contribution in [-0.2, 0) is 19.6 Å². The van der Waals surface area contributed by atoms with Gasteiger partial charge in [-0.25, -0.2) is 13.6 Å². The number of aliphatic hydroxyl groups excluding tert-OH is 1. The van der Waals surface area contributed by atoms with Gasteiger partial charge in [0.2, 0.25) is 10.0 Å². The summed E-state index contributed by atoms with van der Waals surface area (Å²) in [5.74, 6) is -2.04. The van der Waals surface area contributed by atoms with Crippen molar-refractivity contribution in [2.24, 2.45) is 5.14 Å². The molecule has 1 aliphatic rings. The number of anilines is 1. The molecule has 0 aromatic heterocycles. The van der Waals surface area contributed by atoms with Gasteiger partial charge in [0.15, 0.2) is 0 Å². The normalized spacial score (nSPS) is 18.2. The second-order valence-corrected chi connectivity index (χ2v) is 9.12. The molecule has 7 nitrogen and oxygen atoms in total. The number of halogens is 1. The number of hydrogen-bond donors (Lipinski definition) is 2. The molecule has 3 aromatic carbocycles. The molecular formula is C23H17ClN2O5S. The lowest BCUT2D eigenvalue weighted by molar-refractivity contribution is -0.132. The van der Waals surface area contributed by atoms with Crippen molar-refractivity contribution in [2.75, 3.05) is 4.90 Å². The van der Waals surface area contributed by atoms with Gasteiger partial charge in [0, 0.05) is 16.3 Å². The monoisotopic (exact) mass is 468 g/mol. The van der Waals surface area contributed by atoms with Crippen LogP contribution in [-0.4, -0.2) is 25.2 Å². The van der Waals surface area contributed by atoms with E-state index in [1.807, 2.05) is 0 Å². The number of benzene rings is 3. The predicted molar refractivity (Wildman–Crippen MR) is 120 cm³/mol. The van der Waals surface area contributed by atoms with Crippen molar-refractivity contribution in [3.8, 4) is 0 Å². The number of nitrogens with two attached hydrogens (primary N) is 1. The molecule has 162 valence electrons. The molecule has 4 rings (SSSR count). The number of nitrogens with zero attached hydrogens (tertiary/aromatic N) is 1. The predicted octanol–water partition coefficient (Wildman–Crippen LogP) is 3.61. The van der Waals surface area contributed by atoms with Gasteiger partial charge < -0.3 is 5.11 Å². The van der Waals surface area contributed by atoms with Crippen LogP contribution in [0.15, 0.2) is 89.3 Å². The van der Waals surface area contributed by atoms with Crippen molar-refractivity contribution in [1.29, 1.82) is 0 Å². The van der Waals surface area contributed by atoms with Gasteiger partial charge in [-0.2, -0.15) is 0 Å². The summed E-state index contributed by atoms with van der Waals surface area (Å²) in [7, 11) is -3.93. The van der Waals surface area contributed by atoms with Crippen molar-refractivity contribution >= 4 is 44.8 Å². The van der Waals surface area contributed by atoms with Gasteiger partial charge in [-0.15, -0.1) is 0 Å². The lowest BCUT2D eigenvalue weighted by Crippen LogP contribution is -2.29. The Labute approximate surface area is 189 Å². The van der Waals surface area contributed by atoms with E-state index in [1.54, 1.807) is 54.6 Å². The van der Waals surface area contributed by atoms with Crippen LogP contribution >= 0.6 is 11.6 Å². The molecule has 1 saturated heterocycles. The fourth-order valence-electron chi connectivity index (χ4n) is 3.61. The Morgan fingerprint density at radius 3 is 2.06 bits per heavy atom. The minimum Gasteiger partial charge on any atom is -0.507 e. The highest BCUT2D eigenvalue weighted by Crippen LogP contribution is 2.42. The van der Waals surface area contributed by atoms with Crippen molar-refractivity contribution in [2.45, 2.75) is 10.9 Å². The lowest BCUT2D eigenvalue weighted by Gasteiger charge is -2.25. The Hall–Kier alpha value is -3.46. The van der Waals surface area contributed by atoms with E-state index in [1.165, 1.54) is 29.2 Å². The maximum Gasteiger partial charge on any atom is 0.300 e. The molecular weight excluding hydrogens is 452 g/mol. The van der Waals surface area contributed by atoms with Gasteiger partial charge in [0.25, 0.3) is 11.7 Å². The number of aliphatic hydroxyl groups is 1. The molecule has 1 aliphatic heterocycles. The number of sulfonamides is 1. The topological polar surface area (TPSA) is 118 Å². The van der Waals surface area contributed by atoms with Gasteiger partial charge >= 0.3 is 0 Å². The van der Waals surface area contributed by atoms with E-state index in [9.17, 15) is 23.1 Å². The van der Waals surface area contributed by atoms with E-state index in [2.05, 4.69) is 0 Å². The summed E-state index contributed by atoms with van der Waals surface area (Å²) in [5.41, 5.74) is 1.12. The van der Waals surface area contributed by atoms with Gasteiger partial charge in [-0.1, -0.05) is 41.9 Å². The smallest absolute Gasteiger partial charge is 0.300 e. The molecule has 1 heterocycles. The lowest BCUT2D eigenvalue weighted by atomic mass is 9.95. The van der Waals surface area contributed by atoms with Gasteiger partial charge in [-0.3, -0.25) is 14.5 Å². The average molecular weight is 469 g/mol. The number of Topliss-reactive ketones (excluding diaryl/α,β-unsaturated/α-hetero) is 1. The SMILES string of the molecule is NS(=O)(=O)c1ccc(N2C(=O)C(=O)/C(=C(/O)c3ccc(Cl)cc3)[C@H]2c2ccccc2)cc1. The fraction of sp³-hybridized carbons (Fsp3) is 0.0435. The van der Waals surface area contributed by atoms with Crippen LogP contribution in [0, 0.1) is 0 Å². The molecule has 9 heteroatoms. The van der Waals surface area contributed by atoms with E-state index in [4.69, 9.17) is 16.7 Å². The zero-order chi connectivity index (χ0) is 23.0. The van der Waals surface area contributed by atoms with E-state index in [0.717, 1.165) is 0 Å². The quantitative estimate of drug-likeness (QED) is 0.344. The molecule has 0 saturated carbocycles. The number of hydrogen-bond acceptors (Lipinski definition) is 5. The number of ketones is 1. The summed E-state index contributed by atoms with van der Waals surface area (Å²) in [6.45, 7) is 0. The first-order chi connectivity index (χ1) is 15.2. The first-order valence-corrected chi connectivity index (χ1v) is 11.4. The van der Waals surface area contributed by atoms with Crippen LogP contribution in [0.1, 0.15) is 17.2 Å². The maximum absolute atomic E-state index is 13.0. The van der Waals surface area contributed by atoms with Crippen molar-refractivity contribution < 1.29 is 23.1 Å². The molecule has 0 spiro atoms. The highest BCUT2D eigenvalue weighted by molar-refractivity contribution is 7.89.